The van der Waals surface area contributed by atoms with Crippen molar-refractivity contribution in [3.8, 4) is 0 Å². The van der Waals surface area contributed by atoms with Gasteiger partial charge in [0.05, 0.1) is 0 Å². The van der Waals surface area contributed by atoms with Gasteiger partial charge < -0.3 is 5.11 Å². The minimum Gasteiger partial charge on any atom is -0.384 e. The average molecular weight is 380 g/mol. The van der Waals surface area contributed by atoms with Gasteiger partial charge in [0.25, 0.3) is 0 Å². The maximum Gasteiger partial charge on any atom is 0.105 e. The van der Waals surface area contributed by atoms with Crippen molar-refractivity contribution in [2.24, 2.45) is 0 Å². The van der Waals surface area contributed by atoms with Gasteiger partial charge in [-0.25, -0.2) is 0 Å². The van der Waals surface area contributed by atoms with Crippen LogP contribution in [-0.4, -0.2) is 5.11 Å². The van der Waals surface area contributed by atoms with Crippen LogP contribution in [0, 0.1) is 10.5 Å². The van der Waals surface area contributed by atoms with Gasteiger partial charge in [-0.15, -0.1) is 0 Å². The van der Waals surface area contributed by atoms with Crippen molar-refractivity contribution in [1.82, 2.24) is 0 Å². The van der Waals surface area contributed by atoms with Crippen molar-refractivity contribution in [3.63, 3.8) is 0 Å². The fourth-order valence-corrected chi connectivity index (χ4v) is 2.96. The minimum absolute atomic E-state index is 0.540. The van der Waals surface area contributed by atoms with E-state index in [0.29, 0.717) is 0 Å². The lowest BCUT2D eigenvalue weighted by Gasteiger charge is -2.15. The molecule has 0 bridgehead atoms. The molecule has 0 amide bonds. The molecular formula is C18H21IO. The van der Waals surface area contributed by atoms with Crippen LogP contribution in [0.1, 0.15) is 48.1 Å². The van der Waals surface area contributed by atoms with E-state index < -0.39 is 6.10 Å². The zero-order chi connectivity index (χ0) is 14.5. The molecule has 106 valence electrons. The zero-order valence-electron chi connectivity index (χ0n) is 12.1. The topological polar surface area (TPSA) is 20.2 Å². The first kappa shape index (κ1) is 15.5. The second kappa shape index (κ2) is 7.23. The van der Waals surface area contributed by atoms with Gasteiger partial charge in [-0.05, 0) is 64.6 Å². The van der Waals surface area contributed by atoms with Crippen molar-refractivity contribution < 1.29 is 5.11 Å². The summed E-state index contributed by atoms with van der Waals surface area (Å²) in [5.74, 6) is 0. The number of hydrogen-bond donors (Lipinski definition) is 1. The number of aliphatic hydroxyl groups is 1. The summed E-state index contributed by atoms with van der Waals surface area (Å²) in [6.07, 6.45) is 3.01. The van der Waals surface area contributed by atoms with Gasteiger partial charge in [0.1, 0.15) is 6.10 Å². The van der Waals surface area contributed by atoms with E-state index in [2.05, 4.69) is 54.6 Å². The molecule has 2 aromatic carbocycles. The maximum atomic E-state index is 10.6. The Morgan fingerprint density at radius 3 is 2.45 bits per heavy atom. The SMILES string of the molecule is CCCCc1ccc(C(O)c2cccc(C)c2I)cc1. The molecule has 0 radical (unpaired) electrons. The molecule has 0 aliphatic rings. The molecule has 0 aliphatic carbocycles. The molecule has 2 rings (SSSR count). The fraction of sp³-hybridized carbons (Fsp3) is 0.333. The average Bonchev–Trinajstić information content (AvgIpc) is 2.48. The normalized spacial score (nSPS) is 12.4. The van der Waals surface area contributed by atoms with Crippen molar-refractivity contribution in [2.75, 3.05) is 0 Å². The third-order valence-corrected chi connectivity index (χ3v) is 5.10. The van der Waals surface area contributed by atoms with Crippen LogP contribution in [0.3, 0.4) is 0 Å². The Morgan fingerprint density at radius 1 is 1.10 bits per heavy atom. The van der Waals surface area contributed by atoms with Gasteiger partial charge >= 0.3 is 0 Å². The number of benzene rings is 2. The Balaban J connectivity index is 2.20. The lowest BCUT2D eigenvalue weighted by atomic mass is 9.98. The summed E-state index contributed by atoms with van der Waals surface area (Å²) < 4.78 is 1.15. The molecule has 20 heavy (non-hydrogen) atoms. The van der Waals surface area contributed by atoms with E-state index in [1.807, 2.05) is 24.3 Å². The molecule has 1 unspecified atom stereocenters. The van der Waals surface area contributed by atoms with Crippen molar-refractivity contribution >= 4 is 22.6 Å². The zero-order valence-corrected chi connectivity index (χ0v) is 14.2. The van der Waals surface area contributed by atoms with Gasteiger partial charge in [-0.1, -0.05) is 55.8 Å². The highest BCUT2D eigenvalue weighted by atomic mass is 127. The molecule has 0 aliphatic heterocycles. The Kier molecular flexibility index (Phi) is 5.61. The largest absolute Gasteiger partial charge is 0.384 e. The van der Waals surface area contributed by atoms with Crippen LogP contribution in [0.2, 0.25) is 0 Å². The molecule has 2 aromatic rings. The molecule has 0 aromatic heterocycles. The highest BCUT2D eigenvalue weighted by Gasteiger charge is 2.14. The third kappa shape index (κ3) is 3.61. The van der Waals surface area contributed by atoms with Gasteiger partial charge in [-0.3, -0.25) is 0 Å². The molecule has 0 saturated heterocycles. The first-order chi connectivity index (χ1) is 9.63. The molecule has 1 N–H and O–H groups in total. The predicted molar refractivity (Wildman–Crippen MR) is 93.0 cm³/mol. The summed E-state index contributed by atoms with van der Waals surface area (Å²) >= 11 is 2.31. The fourth-order valence-electron chi connectivity index (χ4n) is 2.31. The monoisotopic (exact) mass is 380 g/mol. The van der Waals surface area contributed by atoms with Crippen LogP contribution in [0.25, 0.3) is 0 Å². The van der Waals surface area contributed by atoms with E-state index in [0.717, 1.165) is 21.1 Å². The van der Waals surface area contributed by atoms with Crippen LogP contribution in [0.4, 0.5) is 0 Å². The number of aliphatic hydroxyl groups excluding tert-OH is 1. The Hall–Kier alpha value is -0.870. The highest BCUT2D eigenvalue weighted by Crippen LogP contribution is 2.28. The molecule has 0 heterocycles. The van der Waals surface area contributed by atoms with Gasteiger partial charge in [0.2, 0.25) is 0 Å². The lowest BCUT2D eigenvalue weighted by Crippen LogP contribution is -2.03. The number of hydrogen-bond acceptors (Lipinski definition) is 1. The molecule has 1 nitrogen and oxygen atoms in total. The van der Waals surface area contributed by atoms with Crippen LogP contribution < -0.4 is 0 Å². The van der Waals surface area contributed by atoms with Crippen molar-refractivity contribution in [2.45, 2.75) is 39.2 Å². The van der Waals surface area contributed by atoms with Gasteiger partial charge in [-0.2, -0.15) is 0 Å². The van der Waals surface area contributed by atoms with Gasteiger partial charge in [0, 0.05) is 3.57 Å². The Labute approximate surface area is 135 Å². The molecule has 1 atom stereocenters. The minimum atomic E-state index is -0.540. The van der Waals surface area contributed by atoms with Crippen LogP contribution in [0.15, 0.2) is 42.5 Å². The van der Waals surface area contributed by atoms with Gasteiger partial charge in [0.15, 0.2) is 0 Å². The van der Waals surface area contributed by atoms with Crippen molar-refractivity contribution in [3.05, 3.63) is 68.3 Å². The number of aryl methyl sites for hydroxylation is 2. The van der Waals surface area contributed by atoms with E-state index in [1.54, 1.807) is 0 Å². The quantitative estimate of drug-likeness (QED) is 0.722. The third-order valence-electron chi connectivity index (χ3n) is 3.63. The smallest absolute Gasteiger partial charge is 0.105 e. The molecule has 0 spiro atoms. The standard InChI is InChI=1S/C18H21IO/c1-3-4-7-14-9-11-15(12-10-14)18(20)16-8-5-6-13(2)17(16)19/h5-6,8-12,18,20H,3-4,7H2,1-2H3. The van der Waals surface area contributed by atoms with Crippen LogP contribution in [0.5, 0.6) is 0 Å². The maximum absolute atomic E-state index is 10.6. The summed E-state index contributed by atoms with van der Waals surface area (Å²) in [5.41, 5.74) is 4.52. The molecule has 0 saturated carbocycles. The predicted octanol–water partition coefficient (Wildman–Crippen LogP) is 5.02. The van der Waals surface area contributed by atoms with E-state index in [9.17, 15) is 5.11 Å². The van der Waals surface area contributed by atoms with E-state index in [1.165, 1.54) is 24.0 Å². The Morgan fingerprint density at radius 2 is 1.80 bits per heavy atom. The summed E-state index contributed by atoms with van der Waals surface area (Å²) in [6.45, 7) is 4.28. The van der Waals surface area contributed by atoms with E-state index in [-0.39, 0.29) is 0 Å². The first-order valence-electron chi connectivity index (χ1n) is 7.15. The summed E-state index contributed by atoms with van der Waals surface area (Å²) in [5, 5.41) is 10.6. The molecule has 2 heteroatoms. The highest BCUT2D eigenvalue weighted by molar-refractivity contribution is 14.1. The second-order valence-corrected chi connectivity index (χ2v) is 6.30. The first-order valence-corrected chi connectivity index (χ1v) is 8.23. The Bertz CT molecular complexity index is 560. The van der Waals surface area contributed by atoms with E-state index >= 15 is 0 Å². The number of unbranched alkanes of at least 4 members (excludes halogenated alkanes) is 1. The summed E-state index contributed by atoms with van der Waals surface area (Å²) in [7, 11) is 0. The summed E-state index contributed by atoms with van der Waals surface area (Å²) in [4.78, 5) is 0. The lowest BCUT2D eigenvalue weighted by molar-refractivity contribution is 0.219. The van der Waals surface area contributed by atoms with Crippen molar-refractivity contribution in [1.29, 1.82) is 0 Å². The molecule has 0 fully saturated rings. The second-order valence-electron chi connectivity index (χ2n) is 5.23. The number of halogens is 1. The van der Waals surface area contributed by atoms with Crippen LogP contribution >= 0.6 is 22.6 Å². The summed E-state index contributed by atoms with van der Waals surface area (Å²) in [6, 6.07) is 14.5. The van der Waals surface area contributed by atoms with E-state index in [4.69, 9.17) is 0 Å². The van der Waals surface area contributed by atoms with Crippen LogP contribution in [-0.2, 0) is 6.42 Å². The molecular weight excluding hydrogens is 359 g/mol. The number of rotatable bonds is 5.